The molecule has 0 spiro atoms. The highest BCUT2D eigenvalue weighted by atomic mass is 35.5. The Labute approximate surface area is 156 Å². The molecule has 0 bridgehead atoms. The van der Waals surface area contributed by atoms with Gasteiger partial charge in [0.25, 0.3) is 0 Å². The number of alkyl halides is 3. The van der Waals surface area contributed by atoms with Gasteiger partial charge in [0.05, 0.1) is 30.4 Å². The van der Waals surface area contributed by atoms with Gasteiger partial charge in [0, 0.05) is 0 Å². The topological polar surface area (TPSA) is 93.5 Å². The predicted molar refractivity (Wildman–Crippen MR) is 94.3 cm³/mol. The summed E-state index contributed by atoms with van der Waals surface area (Å²) in [6, 6.07) is 2.00. The smallest absolute Gasteiger partial charge is 0.416 e. The van der Waals surface area contributed by atoms with Crippen LogP contribution in [0.3, 0.4) is 0 Å². The van der Waals surface area contributed by atoms with E-state index in [0.717, 1.165) is 18.2 Å². The summed E-state index contributed by atoms with van der Waals surface area (Å²) < 4.78 is 43.7. The minimum atomic E-state index is -4.55. The van der Waals surface area contributed by atoms with Crippen molar-refractivity contribution >= 4 is 29.9 Å². The van der Waals surface area contributed by atoms with Crippen LogP contribution < -0.4 is 21.1 Å². The molecule has 10 heteroatoms. The van der Waals surface area contributed by atoms with Crippen molar-refractivity contribution in [2.45, 2.75) is 33.0 Å². The van der Waals surface area contributed by atoms with E-state index in [0.29, 0.717) is 0 Å². The first-order valence-electron chi connectivity index (χ1n) is 7.73. The first kappa shape index (κ1) is 24.0. The van der Waals surface area contributed by atoms with E-state index >= 15 is 0 Å². The van der Waals surface area contributed by atoms with Crippen molar-refractivity contribution in [3.05, 3.63) is 23.8 Å². The number of nitrogens with one attached hydrogen (secondary N) is 2. The van der Waals surface area contributed by atoms with Crippen LogP contribution in [0.1, 0.15) is 26.3 Å². The molecule has 0 aliphatic carbocycles. The van der Waals surface area contributed by atoms with Crippen LogP contribution in [0.15, 0.2) is 18.2 Å². The zero-order chi connectivity index (χ0) is 19.2. The molecule has 0 heterocycles. The van der Waals surface area contributed by atoms with E-state index in [-0.39, 0.29) is 36.4 Å². The Hall–Kier alpha value is -2.00. The Kier molecular flexibility index (Phi) is 9.44. The van der Waals surface area contributed by atoms with Gasteiger partial charge in [-0.05, 0) is 31.0 Å². The van der Waals surface area contributed by atoms with Crippen molar-refractivity contribution in [2.75, 3.05) is 18.5 Å². The Bertz CT molecular complexity index is 624. The number of anilines is 1. The van der Waals surface area contributed by atoms with Crippen molar-refractivity contribution in [1.82, 2.24) is 5.32 Å². The molecule has 1 aromatic carbocycles. The van der Waals surface area contributed by atoms with Gasteiger partial charge in [-0.3, -0.25) is 9.59 Å². The molecule has 0 aliphatic heterocycles. The summed E-state index contributed by atoms with van der Waals surface area (Å²) in [6.07, 6.45) is -4.55. The van der Waals surface area contributed by atoms with E-state index in [9.17, 15) is 22.8 Å². The fraction of sp³-hybridized carbons (Fsp3) is 0.500. The molecule has 0 aromatic heterocycles. The standard InChI is InChI=1S/C16H22F3N3O3.ClH/c1-4-25-12-6-5-10(16(17,18)19)7-11(12)22-13(23)8-21-15(24)14(20)9(2)3;/h5-7,9,14H,4,8,20H2,1-3H3,(H,21,24)(H,22,23);1H/t14-;/m0./s1. The minimum Gasteiger partial charge on any atom is -0.492 e. The van der Waals surface area contributed by atoms with Crippen molar-refractivity contribution in [2.24, 2.45) is 11.7 Å². The second kappa shape index (κ2) is 10.2. The molecule has 2 amide bonds. The Morgan fingerprint density at radius 2 is 1.88 bits per heavy atom. The van der Waals surface area contributed by atoms with E-state index in [1.54, 1.807) is 20.8 Å². The molecule has 4 N–H and O–H groups in total. The van der Waals surface area contributed by atoms with Crippen LogP contribution >= 0.6 is 12.4 Å². The molecule has 1 atom stereocenters. The second-order valence-corrected chi connectivity index (χ2v) is 5.68. The number of hydrogen-bond acceptors (Lipinski definition) is 4. The van der Waals surface area contributed by atoms with Gasteiger partial charge in [0.15, 0.2) is 0 Å². The number of carbonyl (C=O) groups is 2. The molecule has 26 heavy (non-hydrogen) atoms. The highest BCUT2D eigenvalue weighted by Gasteiger charge is 2.31. The SMILES string of the molecule is CCOc1ccc(C(F)(F)F)cc1NC(=O)CNC(=O)[C@@H](N)C(C)C.Cl. The Morgan fingerprint density at radius 3 is 2.38 bits per heavy atom. The quantitative estimate of drug-likeness (QED) is 0.659. The maximum Gasteiger partial charge on any atom is 0.416 e. The van der Waals surface area contributed by atoms with Gasteiger partial charge in [-0.1, -0.05) is 13.8 Å². The molecular formula is C16H23ClF3N3O3. The fourth-order valence-corrected chi connectivity index (χ4v) is 1.87. The van der Waals surface area contributed by atoms with Crippen LogP contribution in [-0.2, 0) is 15.8 Å². The molecular weight excluding hydrogens is 375 g/mol. The van der Waals surface area contributed by atoms with Gasteiger partial charge >= 0.3 is 6.18 Å². The van der Waals surface area contributed by atoms with Crippen molar-refractivity contribution in [1.29, 1.82) is 0 Å². The zero-order valence-corrected chi connectivity index (χ0v) is 15.5. The lowest BCUT2D eigenvalue weighted by Gasteiger charge is -2.16. The fourth-order valence-electron chi connectivity index (χ4n) is 1.87. The first-order chi connectivity index (χ1) is 11.6. The van der Waals surface area contributed by atoms with E-state index < -0.39 is 36.1 Å². The average Bonchev–Trinajstić information content (AvgIpc) is 2.52. The van der Waals surface area contributed by atoms with Crippen LogP contribution in [0.2, 0.25) is 0 Å². The molecule has 0 radical (unpaired) electrons. The minimum absolute atomic E-state index is 0. The van der Waals surface area contributed by atoms with Gasteiger partial charge in [0.1, 0.15) is 5.75 Å². The van der Waals surface area contributed by atoms with Crippen LogP contribution in [0.4, 0.5) is 18.9 Å². The lowest BCUT2D eigenvalue weighted by molar-refractivity contribution is -0.137. The van der Waals surface area contributed by atoms with E-state index in [1.165, 1.54) is 0 Å². The highest BCUT2D eigenvalue weighted by Crippen LogP contribution is 2.35. The number of rotatable bonds is 7. The largest absolute Gasteiger partial charge is 0.492 e. The third-order valence-electron chi connectivity index (χ3n) is 3.32. The third-order valence-corrected chi connectivity index (χ3v) is 3.32. The predicted octanol–water partition coefficient (Wildman–Crippen LogP) is 2.56. The summed E-state index contributed by atoms with van der Waals surface area (Å²) in [5.74, 6) is -1.21. The zero-order valence-electron chi connectivity index (χ0n) is 14.6. The molecule has 1 aromatic rings. The van der Waals surface area contributed by atoms with Crippen molar-refractivity contribution in [3.63, 3.8) is 0 Å². The van der Waals surface area contributed by atoms with Crippen LogP contribution in [0, 0.1) is 5.92 Å². The number of ether oxygens (including phenoxy) is 1. The summed E-state index contributed by atoms with van der Waals surface area (Å²) >= 11 is 0. The second-order valence-electron chi connectivity index (χ2n) is 5.68. The summed E-state index contributed by atoms with van der Waals surface area (Å²) in [5.41, 5.74) is 4.60. The summed E-state index contributed by atoms with van der Waals surface area (Å²) in [6.45, 7) is 4.97. The number of halogens is 4. The molecule has 1 rings (SSSR count). The van der Waals surface area contributed by atoms with Crippen molar-refractivity contribution in [3.8, 4) is 5.75 Å². The molecule has 148 valence electrons. The Morgan fingerprint density at radius 1 is 1.27 bits per heavy atom. The normalized spacial score (nSPS) is 12.2. The maximum atomic E-state index is 12.8. The summed E-state index contributed by atoms with van der Waals surface area (Å²) in [4.78, 5) is 23.6. The molecule has 0 saturated heterocycles. The molecule has 0 fully saturated rings. The van der Waals surface area contributed by atoms with Crippen LogP contribution in [0.25, 0.3) is 0 Å². The number of carbonyl (C=O) groups excluding carboxylic acids is 2. The maximum absolute atomic E-state index is 12.8. The van der Waals surface area contributed by atoms with E-state index in [1.807, 2.05) is 0 Å². The lowest BCUT2D eigenvalue weighted by Crippen LogP contribution is -2.46. The number of hydrogen-bond donors (Lipinski definition) is 3. The van der Waals surface area contributed by atoms with Crippen LogP contribution in [0.5, 0.6) is 5.75 Å². The third kappa shape index (κ3) is 7.09. The molecule has 0 saturated carbocycles. The van der Waals surface area contributed by atoms with Gasteiger partial charge < -0.3 is 21.1 Å². The van der Waals surface area contributed by atoms with Gasteiger partial charge in [-0.25, -0.2) is 0 Å². The Balaban J connectivity index is 0.00000625. The molecule has 6 nitrogen and oxygen atoms in total. The van der Waals surface area contributed by atoms with Crippen LogP contribution in [-0.4, -0.2) is 31.0 Å². The van der Waals surface area contributed by atoms with Crippen molar-refractivity contribution < 1.29 is 27.5 Å². The summed E-state index contributed by atoms with van der Waals surface area (Å²) in [7, 11) is 0. The molecule has 0 aliphatic rings. The van der Waals surface area contributed by atoms with Gasteiger partial charge in [0.2, 0.25) is 11.8 Å². The van der Waals surface area contributed by atoms with E-state index in [2.05, 4.69) is 10.6 Å². The van der Waals surface area contributed by atoms with Gasteiger partial charge in [-0.2, -0.15) is 13.2 Å². The molecule has 0 unspecified atom stereocenters. The number of benzene rings is 1. The number of nitrogens with two attached hydrogens (primary N) is 1. The summed E-state index contributed by atoms with van der Waals surface area (Å²) in [5, 5.41) is 4.65. The first-order valence-corrected chi connectivity index (χ1v) is 7.73. The lowest BCUT2D eigenvalue weighted by atomic mass is 10.1. The van der Waals surface area contributed by atoms with Gasteiger partial charge in [-0.15, -0.1) is 12.4 Å². The highest BCUT2D eigenvalue weighted by molar-refractivity contribution is 5.96. The average molecular weight is 398 g/mol. The monoisotopic (exact) mass is 397 g/mol. The number of amides is 2. The van der Waals surface area contributed by atoms with E-state index in [4.69, 9.17) is 10.5 Å².